The molecular weight excluding hydrogens is 406 g/mol. The van der Waals surface area contributed by atoms with Crippen molar-refractivity contribution in [2.45, 2.75) is 38.5 Å². The number of hydrogen-bond acceptors (Lipinski definition) is 2. The predicted octanol–water partition coefficient (Wildman–Crippen LogP) is 7.81. The average molecular weight is 432 g/mol. The second-order valence-corrected chi connectivity index (χ2v) is 8.96. The van der Waals surface area contributed by atoms with Gasteiger partial charge in [-0.3, -0.25) is 0 Å². The van der Waals surface area contributed by atoms with E-state index in [-0.39, 0.29) is 0 Å². The second-order valence-electron chi connectivity index (χ2n) is 8.78. The number of aliphatic imine (C=N–C) groups is 1. The quantitative estimate of drug-likeness (QED) is 0.233. The van der Waals surface area contributed by atoms with Crippen LogP contribution in [0.5, 0.6) is 0 Å². The lowest BCUT2D eigenvalue weighted by molar-refractivity contribution is 0.314. The molecule has 0 bridgehead atoms. The first-order valence-corrected chi connectivity index (χ1v) is 11.8. The number of fused-ring (bicyclic) bond motifs is 1. The van der Waals surface area contributed by atoms with E-state index in [2.05, 4.69) is 94.9 Å². The summed E-state index contributed by atoms with van der Waals surface area (Å²) in [4.78, 5) is 4.02. The van der Waals surface area contributed by atoms with E-state index in [1.54, 1.807) is 0 Å². The minimum absolute atomic E-state index is 0.834. The van der Waals surface area contributed by atoms with Crippen LogP contribution in [0.1, 0.15) is 47.9 Å². The number of nitrogens with zero attached hydrogens (tertiary/aromatic N) is 1. The molecule has 2 heteroatoms. The molecule has 0 aromatic heterocycles. The maximum absolute atomic E-state index is 4.68. The van der Waals surface area contributed by atoms with Gasteiger partial charge >= 0.3 is 0 Å². The van der Waals surface area contributed by atoms with Gasteiger partial charge in [0.05, 0.1) is 10.8 Å². The molecule has 3 aromatic carbocycles. The minimum Gasteiger partial charge on any atom is -0.195 e. The van der Waals surface area contributed by atoms with Gasteiger partial charge in [0.2, 0.25) is 0 Å². The van der Waals surface area contributed by atoms with Gasteiger partial charge in [-0.15, -0.1) is 0 Å². The summed E-state index contributed by atoms with van der Waals surface area (Å²) in [5, 5.41) is 2.41. The highest BCUT2D eigenvalue weighted by molar-refractivity contribution is 7.78. The van der Waals surface area contributed by atoms with Crippen LogP contribution in [0.2, 0.25) is 0 Å². The van der Waals surface area contributed by atoms with Gasteiger partial charge in [-0.1, -0.05) is 73.6 Å². The van der Waals surface area contributed by atoms with Crippen molar-refractivity contribution in [3.63, 3.8) is 0 Å². The molecule has 1 nitrogen and oxygen atoms in total. The molecule has 0 amide bonds. The van der Waals surface area contributed by atoms with Crippen molar-refractivity contribution in [3.05, 3.63) is 94.6 Å². The molecule has 156 valence electrons. The highest BCUT2D eigenvalue weighted by Crippen LogP contribution is 2.31. The SMILES string of the molecule is S=C=Nc1ccc(-c2ccc3c(c2)CCC(C#Cc2ccc(CC4CCC4)cc2)=C3)cc1. The molecular formula is C30H25NS. The van der Waals surface area contributed by atoms with Crippen LogP contribution in [-0.4, -0.2) is 5.16 Å². The molecule has 32 heavy (non-hydrogen) atoms. The van der Waals surface area contributed by atoms with Crippen LogP contribution in [0.4, 0.5) is 5.69 Å². The van der Waals surface area contributed by atoms with Crippen molar-refractivity contribution < 1.29 is 0 Å². The zero-order valence-corrected chi connectivity index (χ0v) is 18.9. The number of hydrogen-bond donors (Lipinski definition) is 0. The number of rotatable bonds is 4. The van der Waals surface area contributed by atoms with E-state index in [1.807, 2.05) is 12.1 Å². The fraction of sp³-hybridized carbons (Fsp3) is 0.233. The molecule has 5 rings (SSSR count). The van der Waals surface area contributed by atoms with Crippen molar-refractivity contribution in [1.29, 1.82) is 0 Å². The largest absolute Gasteiger partial charge is 0.195 e. The molecule has 2 aliphatic rings. The molecule has 1 fully saturated rings. The van der Waals surface area contributed by atoms with Crippen molar-refractivity contribution >= 4 is 29.1 Å². The maximum atomic E-state index is 4.68. The van der Waals surface area contributed by atoms with E-state index in [0.717, 1.165) is 30.0 Å². The summed E-state index contributed by atoms with van der Waals surface area (Å²) in [6.07, 6.45) is 9.69. The highest BCUT2D eigenvalue weighted by Gasteiger charge is 2.17. The van der Waals surface area contributed by atoms with Crippen molar-refractivity contribution in [3.8, 4) is 23.0 Å². The molecule has 0 saturated heterocycles. The minimum atomic E-state index is 0.834. The van der Waals surface area contributed by atoms with Gasteiger partial charge in [-0.25, -0.2) is 0 Å². The summed E-state index contributed by atoms with van der Waals surface area (Å²) >= 11 is 4.68. The first-order valence-electron chi connectivity index (χ1n) is 11.4. The fourth-order valence-corrected chi connectivity index (χ4v) is 4.56. The standard InChI is InChI=1S/C30H25NS/c32-21-31-30-16-14-26(15-17-30)28-13-12-27-19-25(10-11-29(27)20-28)9-6-22-4-7-24(8-5-22)18-23-2-1-3-23/h4-5,7-8,12-17,19-20,23H,1-3,10-11,18H2. The summed E-state index contributed by atoms with van der Waals surface area (Å²) in [6, 6.07) is 23.7. The van der Waals surface area contributed by atoms with Crippen molar-refractivity contribution in [2.75, 3.05) is 0 Å². The Morgan fingerprint density at radius 1 is 0.844 bits per heavy atom. The predicted molar refractivity (Wildman–Crippen MR) is 137 cm³/mol. The van der Waals surface area contributed by atoms with E-state index in [1.165, 1.54) is 59.1 Å². The zero-order valence-electron chi connectivity index (χ0n) is 18.1. The molecule has 0 heterocycles. The summed E-state index contributed by atoms with van der Waals surface area (Å²) in [6.45, 7) is 0. The Bertz CT molecular complexity index is 1260. The average Bonchev–Trinajstić information content (AvgIpc) is 2.81. The third-order valence-electron chi connectivity index (χ3n) is 6.58. The van der Waals surface area contributed by atoms with Gasteiger partial charge in [0.25, 0.3) is 0 Å². The Morgan fingerprint density at radius 2 is 1.62 bits per heavy atom. The third-order valence-corrected chi connectivity index (χ3v) is 6.67. The van der Waals surface area contributed by atoms with Crippen LogP contribution in [0, 0.1) is 17.8 Å². The van der Waals surface area contributed by atoms with Crippen LogP contribution in [0.3, 0.4) is 0 Å². The normalized spacial score (nSPS) is 14.8. The van der Waals surface area contributed by atoms with Gasteiger partial charge in [-0.2, -0.15) is 4.99 Å². The molecule has 0 N–H and O–H groups in total. The van der Waals surface area contributed by atoms with E-state index in [4.69, 9.17) is 0 Å². The van der Waals surface area contributed by atoms with Gasteiger partial charge < -0.3 is 0 Å². The Balaban J connectivity index is 1.29. The van der Waals surface area contributed by atoms with E-state index < -0.39 is 0 Å². The molecule has 0 atom stereocenters. The van der Waals surface area contributed by atoms with Crippen LogP contribution in [0.25, 0.3) is 17.2 Å². The topological polar surface area (TPSA) is 12.4 Å². The van der Waals surface area contributed by atoms with Gasteiger partial charge in [0.15, 0.2) is 0 Å². The smallest absolute Gasteiger partial charge is 0.0739 e. The van der Waals surface area contributed by atoms with Gasteiger partial charge in [-0.05, 0) is 95.6 Å². The van der Waals surface area contributed by atoms with Crippen molar-refractivity contribution in [2.24, 2.45) is 10.9 Å². The van der Waals surface area contributed by atoms with E-state index in [0.29, 0.717) is 0 Å². The maximum Gasteiger partial charge on any atom is 0.0739 e. The van der Waals surface area contributed by atoms with Crippen LogP contribution >= 0.6 is 12.2 Å². The van der Waals surface area contributed by atoms with Crippen LogP contribution < -0.4 is 0 Å². The molecule has 1 saturated carbocycles. The Morgan fingerprint density at radius 3 is 2.34 bits per heavy atom. The van der Waals surface area contributed by atoms with Crippen LogP contribution in [0.15, 0.2) is 77.3 Å². The number of benzene rings is 3. The van der Waals surface area contributed by atoms with Gasteiger partial charge in [0, 0.05) is 11.1 Å². The highest BCUT2D eigenvalue weighted by atomic mass is 32.1. The van der Waals surface area contributed by atoms with Crippen LogP contribution in [-0.2, 0) is 12.8 Å². The monoisotopic (exact) mass is 431 g/mol. The third kappa shape index (κ3) is 4.81. The fourth-order valence-electron chi connectivity index (χ4n) is 4.46. The lowest BCUT2D eigenvalue weighted by Crippen LogP contribution is -2.13. The lowest BCUT2D eigenvalue weighted by Gasteiger charge is -2.25. The first kappa shape index (κ1) is 20.7. The summed E-state index contributed by atoms with van der Waals surface area (Å²) in [5.74, 6) is 7.69. The molecule has 0 spiro atoms. The Labute approximate surface area is 195 Å². The molecule has 3 aromatic rings. The Kier molecular flexibility index (Phi) is 6.13. The lowest BCUT2D eigenvalue weighted by atomic mass is 9.81. The second kappa shape index (κ2) is 9.49. The van der Waals surface area contributed by atoms with E-state index >= 15 is 0 Å². The molecule has 0 aliphatic heterocycles. The van der Waals surface area contributed by atoms with E-state index in [9.17, 15) is 0 Å². The number of allylic oxidation sites excluding steroid dienone is 1. The molecule has 0 unspecified atom stereocenters. The Hall–Kier alpha value is -3.24. The summed E-state index contributed by atoms with van der Waals surface area (Å²) < 4.78 is 0. The number of isothiocyanates is 1. The zero-order chi connectivity index (χ0) is 21.8. The molecule has 2 aliphatic carbocycles. The molecule has 0 radical (unpaired) electrons. The van der Waals surface area contributed by atoms with Crippen molar-refractivity contribution in [1.82, 2.24) is 0 Å². The summed E-state index contributed by atoms with van der Waals surface area (Å²) in [7, 11) is 0. The first-order chi connectivity index (χ1) is 15.8. The summed E-state index contributed by atoms with van der Waals surface area (Å²) in [5.41, 5.74) is 9.68. The number of thiocarbonyl (C=S) groups is 1. The van der Waals surface area contributed by atoms with Gasteiger partial charge in [0.1, 0.15) is 0 Å². The number of aryl methyl sites for hydroxylation is 1.